The number of benzene rings is 1. The predicted octanol–water partition coefficient (Wildman–Crippen LogP) is 2.78. The van der Waals surface area contributed by atoms with Crippen molar-refractivity contribution in [2.75, 3.05) is 10.5 Å². The first-order valence-electron chi connectivity index (χ1n) is 5.22. The summed E-state index contributed by atoms with van der Waals surface area (Å²) in [6.45, 7) is 0. The molecule has 0 saturated carbocycles. The zero-order valence-electron chi connectivity index (χ0n) is 10.0. The van der Waals surface area contributed by atoms with Gasteiger partial charge in [-0.15, -0.1) is 0 Å². The molecule has 0 aliphatic rings. The maximum atomic E-state index is 13.0. The lowest BCUT2D eigenvalue weighted by Gasteiger charge is -2.07. The third-order valence-corrected chi connectivity index (χ3v) is 6.04. The molecule has 0 amide bonds. The van der Waals surface area contributed by atoms with E-state index in [2.05, 4.69) is 4.72 Å². The number of nitrogens with one attached hydrogen (secondary N) is 1. The topological polar surface area (TPSA) is 115 Å². The van der Waals surface area contributed by atoms with E-state index in [-0.39, 0.29) is 14.9 Å². The first kappa shape index (κ1) is 15.9. The van der Waals surface area contributed by atoms with E-state index in [0.717, 1.165) is 18.2 Å². The van der Waals surface area contributed by atoms with Crippen LogP contribution in [0, 0.1) is 19.5 Å². The molecule has 0 aliphatic heterocycles. The molecule has 0 radical (unpaired) electrons. The highest BCUT2D eigenvalue weighted by molar-refractivity contribution is 14.1. The molecule has 0 bridgehead atoms. The Kier molecular flexibility index (Phi) is 4.34. The molecule has 112 valence electrons. The van der Waals surface area contributed by atoms with Crippen LogP contribution in [0.1, 0.15) is 0 Å². The molecule has 0 fully saturated rings. The molecule has 0 aliphatic carbocycles. The molecule has 0 saturated heterocycles. The minimum absolute atomic E-state index is 0.173. The van der Waals surface area contributed by atoms with Crippen LogP contribution >= 0.6 is 33.9 Å². The van der Waals surface area contributed by atoms with Crippen molar-refractivity contribution in [2.24, 2.45) is 0 Å². The Morgan fingerprint density at radius 1 is 1.38 bits per heavy atom. The second-order valence-corrected chi connectivity index (χ2v) is 7.96. The number of thiophene rings is 1. The van der Waals surface area contributed by atoms with E-state index in [1.165, 1.54) is 6.07 Å². The predicted molar refractivity (Wildman–Crippen MR) is 85.3 cm³/mol. The van der Waals surface area contributed by atoms with Gasteiger partial charge < -0.3 is 5.73 Å². The molecule has 1 heterocycles. The summed E-state index contributed by atoms with van der Waals surface area (Å²) in [5.74, 6) is -0.502. The van der Waals surface area contributed by atoms with Crippen LogP contribution in [0.2, 0.25) is 0 Å². The Bertz CT molecular complexity index is 822. The summed E-state index contributed by atoms with van der Waals surface area (Å²) in [5.41, 5.74) is 5.12. The van der Waals surface area contributed by atoms with Crippen LogP contribution in [0.25, 0.3) is 0 Å². The Morgan fingerprint density at radius 2 is 2.05 bits per heavy atom. The SMILES string of the molecule is Nc1sc(S(=O)(=O)Nc2ccc(F)cc2I)cc1[N+](=O)[O-]. The summed E-state index contributed by atoms with van der Waals surface area (Å²) < 4.78 is 39.6. The summed E-state index contributed by atoms with van der Waals surface area (Å²) in [4.78, 5) is 9.93. The number of nitrogen functional groups attached to an aromatic ring is 1. The van der Waals surface area contributed by atoms with E-state index in [1.807, 2.05) is 0 Å². The van der Waals surface area contributed by atoms with Crippen LogP contribution in [0.15, 0.2) is 28.5 Å². The van der Waals surface area contributed by atoms with Gasteiger partial charge in [-0.05, 0) is 40.8 Å². The lowest BCUT2D eigenvalue weighted by molar-refractivity contribution is -0.383. The lowest BCUT2D eigenvalue weighted by Crippen LogP contribution is -2.12. The number of halogens is 2. The van der Waals surface area contributed by atoms with Crippen molar-refractivity contribution in [3.63, 3.8) is 0 Å². The minimum Gasteiger partial charge on any atom is -0.385 e. The molecule has 0 spiro atoms. The number of nitrogens with zero attached hydrogens (tertiary/aromatic N) is 1. The van der Waals surface area contributed by atoms with Crippen LogP contribution in [-0.2, 0) is 10.0 Å². The zero-order valence-corrected chi connectivity index (χ0v) is 13.8. The van der Waals surface area contributed by atoms with Gasteiger partial charge in [0, 0.05) is 9.64 Å². The first-order chi connectivity index (χ1) is 9.70. The van der Waals surface area contributed by atoms with Crippen LogP contribution in [0.4, 0.5) is 20.8 Å². The first-order valence-corrected chi connectivity index (χ1v) is 8.60. The number of hydrogen-bond donors (Lipinski definition) is 2. The van der Waals surface area contributed by atoms with Gasteiger partial charge in [0.1, 0.15) is 10.0 Å². The van der Waals surface area contributed by atoms with Gasteiger partial charge >= 0.3 is 5.69 Å². The van der Waals surface area contributed by atoms with Crippen LogP contribution in [-0.4, -0.2) is 13.3 Å². The highest BCUT2D eigenvalue weighted by atomic mass is 127. The van der Waals surface area contributed by atoms with E-state index >= 15 is 0 Å². The van der Waals surface area contributed by atoms with E-state index in [4.69, 9.17) is 5.73 Å². The number of nitro groups is 1. The zero-order chi connectivity index (χ0) is 15.8. The lowest BCUT2D eigenvalue weighted by atomic mass is 10.3. The van der Waals surface area contributed by atoms with Crippen molar-refractivity contribution in [1.82, 2.24) is 0 Å². The van der Waals surface area contributed by atoms with Gasteiger partial charge in [-0.25, -0.2) is 12.8 Å². The third kappa shape index (κ3) is 3.41. The van der Waals surface area contributed by atoms with Crippen LogP contribution in [0.5, 0.6) is 0 Å². The normalized spacial score (nSPS) is 11.3. The maximum absolute atomic E-state index is 13.0. The Labute approximate surface area is 136 Å². The van der Waals surface area contributed by atoms with E-state index < -0.39 is 26.5 Å². The second-order valence-electron chi connectivity index (χ2n) is 3.80. The smallest absolute Gasteiger partial charge is 0.304 e. The van der Waals surface area contributed by atoms with Crippen molar-refractivity contribution in [3.8, 4) is 0 Å². The average Bonchev–Trinajstić information content (AvgIpc) is 2.76. The molecule has 21 heavy (non-hydrogen) atoms. The molecule has 0 unspecified atom stereocenters. The van der Waals surface area contributed by atoms with Crippen molar-refractivity contribution in [3.05, 3.63) is 43.8 Å². The second kappa shape index (κ2) is 5.73. The Morgan fingerprint density at radius 3 is 2.57 bits per heavy atom. The molecule has 11 heteroatoms. The Hall–Kier alpha value is -1.47. The number of nitrogens with two attached hydrogens (primary N) is 1. The monoisotopic (exact) mass is 443 g/mol. The van der Waals surface area contributed by atoms with Crippen molar-refractivity contribution in [1.29, 1.82) is 0 Å². The largest absolute Gasteiger partial charge is 0.385 e. The van der Waals surface area contributed by atoms with Gasteiger partial charge in [0.25, 0.3) is 10.0 Å². The van der Waals surface area contributed by atoms with Gasteiger partial charge in [-0.1, -0.05) is 11.3 Å². The highest BCUT2D eigenvalue weighted by Gasteiger charge is 2.25. The number of rotatable bonds is 4. The molecule has 1 aromatic heterocycles. The molecule has 2 rings (SSSR count). The number of hydrogen-bond acceptors (Lipinski definition) is 6. The summed E-state index contributed by atoms with van der Waals surface area (Å²) >= 11 is 2.36. The van der Waals surface area contributed by atoms with Crippen molar-refractivity contribution in [2.45, 2.75) is 4.21 Å². The molecular formula is C10H7FIN3O4S2. The van der Waals surface area contributed by atoms with Crippen molar-refractivity contribution < 1.29 is 17.7 Å². The molecule has 0 atom stereocenters. The summed E-state index contributed by atoms with van der Waals surface area (Å²) in [7, 11) is -4.03. The fourth-order valence-corrected chi connectivity index (χ4v) is 4.50. The summed E-state index contributed by atoms with van der Waals surface area (Å²) in [5, 5.41) is 10.5. The molecular weight excluding hydrogens is 436 g/mol. The molecule has 3 N–H and O–H groups in total. The van der Waals surface area contributed by atoms with Gasteiger partial charge in [-0.2, -0.15) is 0 Å². The molecule has 7 nitrogen and oxygen atoms in total. The fraction of sp³-hybridized carbons (Fsp3) is 0. The summed E-state index contributed by atoms with van der Waals surface area (Å²) in [6.07, 6.45) is 0. The van der Waals surface area contributed by atoms with E-state index in [0.29, 0.717) is 14.9 Å². The Balaban J connectivity index is 2.38. The highest BCUT2D eigenvalue weighted by Crippen LogP contribution is 2.35. The van der Waals surface area contributed by atoms with Crippen LogP contribution < -0.4 is 10.5 Å². The molecule has 1 aromatic carbocycles. The maximum Gasteiger partial charge on any atom is 0.304 e. The van der Waals surface area contributed by atoms with Crippen molar-refractivity contribution >= 4 is 60.3 Å². The van der Waals surface area contributed by atoms with Gasteiger partial charge in [0.15, 0.2) is 5.00 Å². The minimum atomic E-state index is -4.03. The number of sulfonamides is 1. The fourth-order valence-electron chi connectivity index (χ4n) is 1.42. The van der Waals surface area contributed by atoms with E-state index in [1.54, 1.807) is 22.6 Å². The van der Waals surface area contributed by atoms with Crippen LogP contribution in [0.3, 0.4) is 0 Å². The summed E-state index contributed by atoms with van der Waals surface area (Å²) in [6, 6.07) is 4.41. The van der Waals surface area contributed by atoms with E-state index in [9.17, 15) is 22.9 Å². The van der Waals surface area contributed by atoms with Gasteiger partial charge in [-0.3, -0.25) is 14.8 Å². The molecule has 2 aromatic rings. The van der Waals surface area contributed by atoms with Gasteiger partial charge in [0.05, 0.1) is 10.6 Å². The number of anilines is 2. The average molecular weight is 443 g/mol. The quantitative estimate of drug-likeness (QED) is 0.429. The standard InChI is InChI=1S/C10H7FIN3O4S2/c11-5-1-2-7(6(12)3-5)14-21(18,19)9-4-8(15(16)17)10(13)20-9/h1-4,14H,13H2. The van der Waals surface area contributed by atoms with Gasteiger partial charge in [0.2, 0.25) is 0 Å². The third-order valence-electron chi connectivity index (χ3n) is 2.35.